The quantitative estimate of drug-likeness (QED) is 0.725. The van der Waals surface area contributed by atoms with Crippen molar-refractivity contribution in [2.75, 3.05) is 27.2 Å². The maximum atomic E-state index is 12.2. The summed E-state index contributed by atoms with van der Waals surface area (Å²) in [6, 6.07) is 6.08. The fraction of sp³-hybridized carbons (Fsp3) is 0.588. The maximum absolute atomic E-state index is 12.2. The van der Waals surface area contributed by atoms with Crippen LogP contribution in [-0.2, 0) is 14.8 Å². The SMILES string of the molecule is CN(C)S(=O)(=O)c1cccc(C(=O)NCCCOC2CCCC2)c1. The number of nitrogens with zero attached hydrogens (tertiary/aromatic N) is 1. The minimum absolute atomic E-state index is 0.115. The Kier molecular flexibility index (Phi) is 6.77. The molecule has 0 atom stereocenters. The molecule has 1 aromatic rings. The van der Waals surface area contributed by atoms with Crippen LogP contribution in [0.5, 0.6) is 0 Å². The van der Waals surface area contributed by atoms with Gasteiger partial charge in [0.1, 0.15) is 0 Å². The Bertz CT molecular complexity index is 652. The van der Waals surface area contributed by atoms with Gasteiger partial charge in [0.25, 0.3) is 5.91 Å². The molecular weight excluding hydrogens is 328 g/mol. The monoisotopic (exact) mass is 354 g/mol. The summed E-state index contributed by atoms with van der Waals surface area (Å²) in [4.78, 5) is 12.3. The summed E-state index contributed by atoms with van der Waals surface area (Å²) in [5.74, 6) is -0.272. The Hall–Kier alpha value is -1.44. The topological polar surface area (TPSA) is 75.7 Å². The van der Waals surface area contributed by atoms with Gasteiger partial charge < -0.3 is 10.1 Å². The van der Waals surface area contributed by atoms with Crippen molar-refractivity contribution in [1.29, 1.82) is 0 Å². The number of benzene rings is 1. The lowest BCUT2D eigenvalue weighted by Crippen LogP contribution is -2.26. The van der Waals surface area contributed by atoms with Crippen LogP contribution in [0.1, 0.15) is 42.5 Å². The molecule has 7 heteroatoms. The van der Waals surface area contributed by atoms with Gasteiger partial charge in [-0.2, -0.15) is 0 Å². The van der Waals surface area contributed by atoms with Gasteiger partial charge in [-0.15, -0.1) is 0 Å². The first-order valence-corrected chi connectivity index (χ1v) is 9.77. The van der Waals surface area contributed by atoms with E-state index in [9.17, 15) is 13.2 Å². The lowest BCUT2D eigenvalue weighted by Gasteiger charge is -2.13. The molecule has 134 valence electrons. The minimum atomic E-state index is -3.54. The molecule has 1 amide bonds. The third kappa shape index (κ3) is 5.03. The zero-order valence-corrected chi connectivity index (χ0v) is 15.1. The van der Waals surface area contributed by atoms with Crippen molar-refractivity contribution in [3.63, 3.8) is 0 Å². The molecule has 6 nitrogen and oxygen atoms in total. The molecule has 1 N–H and O–H groups in total. The van der Waals surface area contributed by atoms with Gasteiger partial charge >= 0.3 is 0 Å². The van der Waals surface area contributed by atoms with Crippen LogP contribution >= 0.6 is 0 Å². The number of nitrogens with one attached hydrogen (secondary N) is 1. The van der Waals surface area contributed by atoms with Gasteiger partial charge in [0.2, 0.25) is 10.0 Å². The van der Waals surface area contributed by atoms with E-state index in [4.69, 9.17) is 4.74 Å². The average molecular weight is 354 g/mol. The molecule has 0 radical (unpaired) electrons. The van der Waals surface area contributed by atoms with E-state index in [2.05, 4.69) is 5.32 Å². The van der Waals surface area contributed by atoms with Crippen LogP contribution in [0.15, 0.2) is 29.2 Å². The van der Waals surface area contributed by atoms with E-state index in [-0.39, 0.29) is 10.8 Å². The van der Waals surface area contributed by atoms with Crippen LogP contribution < -0.4 is 5.32 Å². The number of ether oxygens (including phenoxy) is 1. The van der Waals surface area contributed by atoms with E-state index in [1.807, 2.05) is 0 Å². The third-order valence-corrected chi connectivity index (χ3v) is 5.95. The Labute approximate surface area is 144 Å². The molecule has 1 aliphatic rings. The molecule has 0 unspecified atom stereocenters. The van der Waals surface area contributed by atoms with Crippen molar-refractivity contribution in [3.8, 4) is 0 Å². The van der Waals surface area contributed by atoms with E-state index in [1.54, 1.807) is 12.1 Å². The summed E-state index contributed by atoms with van der Waals surface area (Å²) >= 11 is 0. The van der Waals surface area contributed by atoms with Gasteiger partial charge in [-0.1, -0.05) is 18.9 Å². The maximum Gasteiger partial charge on any atom is 0.251 e. The van der Waals surface area contributed by atoms with Gasteiger partial charge in [0.15, 0.2) is 0 Å². The predicted molar refractivity (Wildman–Crippen MR) is 92.5 cm³/mol. The molecular formula is C17H26N2O4S. The second-order valence-electron chi connectivity index (χ2n) is 6.20. The summed E-state index contributed by atoms with van der Waals surface area (Å²) in [7, 11) is -0.609. The number of hydrogen-bond acceptors (Lipinski definition) is 4. The summed E-state index contributed by atoms with van der Waals surface area (Å²) in [5.41, 5.74) is 0.342. The van der Waals surface area contributed by atoms with Crippen molar-refractivity contribution in [2.45, 2.75) is 43.1 Å². The first-order valence-electron chi connectivity index (χ1n) is 8.33. The van der Waals surface area contributed by atoms with Crippen molar-refractivity contribution >= 4 is 15.9 Å². The second-order valence-corrected chi connectivity index (χ2v) is 8.35. The van der Waals surface area contributed by atoms with Gasteiger partial charge in [-0.25, -0.2) is 12.7 Å². The predicted octanol–water partition coefficient (Wildman–Crippen LogP) is 2.02. The highest BCUT2D eigenvalue weighted by Crippen LogP contribution is 2.20. The minimum Gasteiger partial charge on any atom is -0.378 e. The van der Waals surface area contributed by atoms with Crippen LogP contribution in [0.2, 0.25) is 0 Å². The smallest absolute Gasteiger partial charge is 0.251 e. The summed E-state index contributed by atoms with van der Waals surface area (Å²) in [6.07, 6.45) is 5.90. The fourth-order valence-corrected chi connectivity index (χ4v) is 3.64. The first-order chi connectivity index (χ1) is 11.4. The van der Waals surface area contributed by atoms with E-state index in [0.717, 1.165) is 23.6 Å². The lowest BCUT2D eigenvalue weighted by atomic mass is 10.2. The average Bonchev–Trinajstić information content (AvgIpc) is 3.07. The Balaban J connectivity index is 1.82. The van der Waals surface area contributed by atoms with E-state index < -0.39 is 10.0 Å². The van der Waals surface area contributed by atoms with Crippen LogP contribution in [0.25, 0.3) is 0 Å². The van der Waals surface area contributed by atoms with E-state index in [0.29, 0.717) is 24.8 Å². The van der Waals surface area contributed by atoms with Crippen LogP contribution in [0.3, 0.4) is 0 Å². The molecule has 0 aliphatic heterocycles. The summed E-state index contributed by atoms with van der Waals surface area (Å²) < 4.78 is 31.1. The highest BCUT2D eigenvalue weighted by atomic mass is 32.2. The van der Waals surface area contributed by atoms with Crippen molar-refractivity contribution in [1.82, 2.24) is 9.62 Å². The fourth-order valence-electron chi connectivity index (χ4n) is 2.69. The third-order valence-electron chi connectivity index (χ3n) is 4.14. The number of amides is 1. The van der Waals surface area contributed by atoms with Gasteiger partial charge in [0.05, 0.1) is 11.0 Å². The summed E-state index contributed by atoms with van der Waals surface area (Å²) in [6.45, 7) is 1.15. The van der Waals surface area contributed by atoms with Crippen LogP contribution in [-0.4, -0.2) is 52.0 Å². The molecule has 0 aromatic heterocycles. The number of hydrogen-bond donors (Lipinski definition) is 1. The molecule has 0 bridgehead atoms. The van der Waals surface area contributed by atoms with Crippen molar-refractivity contribution < 1.29 is 17.9 Å². The van der Waals surface area contributed by atoms with Gasteiger partial charge in [-0.3, -0.25) is 4.79 Å². The standard InChI is InChI=1S/C17H26N2O4S/c1-19(2)24(21,22)16-10-5-7-14(13-16)17(20)18-11-6-12-23-15-8-3-4-9-15/h5,7,10,13,15H,3-4,6,8-9,11-12H2,1-2H3,(H,18,20). The van der Waals surface area contributed by atoms with Crippen LogP contribution in [0.4, 0.5) is 0 Å². The molecule has 2 rings (SSSR count). The molecule has 1 saturated carbocycles. The van der Waals surface area contributed by atoms with Gasteiger partial charge in [0, 0.05) is 32.8 Å². The Morgan fingerprint density at radius 1 is 1.29 bits per heavy atom. The van der Waals surface area contributed by atoms with E-state index >= 15 is 0 Å². The number of rotatable bonds is 8. The second kappa shape index (κ2) is 8.60. The molecule has 0 saturated heterocycles. The Morgan fingerprint density at radius 3 is 2.67 bits per heavy atom. The lowest BCUT2D eigenvalue weighted by molar-refractivity contribution is 0.0565. The zero-order valence-electron chi connectivity index (χ0n) is 14.3. The molecule has 1 aliphatic carbocycles. The molecule has 1 fully saturated rings. The highest BCUT2D eigenvalue weighted by Gasteiger charge is 2.18. The Morgan fingerprint density at radius 2 is 2.00 bits per heavy atom. The van der Waals surface area contributed by atoms with Crippen LogP contribution in [0, 0.1) is 0 Å². The largest absolute Gasteiger partial charge is 0.378 e. The number of carbonyl (C=O) groups is 1. The molecule has 0 spiro atoms. The molecule has 24 heavy (non-hydrogen) atoms. The highest BCUT2D eigenvalue weighted by molar-refractivity contribution is 7.89. The first kappa shape index (κ1) is 18.9. The molecule has 0 heterocycles. The number of sulfonamides is 1. The zero-order chi connectivity index (χ0) is 17.6. The number of carbonyl (C=O) groups excluding carboxylic acids is 1. The normalized spacial score (nSPS) is 15.8. The van der Waals surface area contributed by atoms with Crippen molar-refractivity contribution in [2.24, 2.45) is 0 Å². The summed E-state index contributed by atoms with van der Waals surface area (Å²) in [5, 5.41) is 2.80. The molecule has 1 aromatic carbocycles. The van der Waals surface area contributed by atoms with Gasteiger partial charge in [-0.05, 0) is 37.5 Å². The van der Waals surface area contributed by atoms with E-state index in [1.165, 1.54) is 39.1 Å². The van der Waals surface area contributed by atoms with Crippen molar-refractivity contribution in [3.05, 3.63) is 29.8 Å².